The highest BCUT2D eigenvalue weighted by Gasteiger charge is 2.42. The molecule has 0 unspecified atom stereocenters. The second kappa shape index (κ2) is 10.5. The van der Waals surface area contributed by atoms with E-state index in [1.807, 2.05) is 38.1 Å². The van der Waals surface area contributed by atoms with Gasteiger partial charge in [0.15, 0.2) is 0 Å². The van der Waals surface area contributed by atoms with Crippen LogP contribution in [0, 0.1) is 5.92 Å². The van der Waals surface area contributed by atoms with Crippen LogP contribution in [0.4, 0.5) is 5.69 Å². The molecule has 0 saturated heterocycles. The van der Waals surface area contributed by atoms with E-state index in [-0.39, 0.29) is 24.3 Å². The van der Waals surface area contributed by atoms with Crippen molar-refractivity contribution >= 4 is 46.6 Å². The Kier molecular flexibility index (Phi) is 8.00. The number of carbonyl (C=O) groups is 3. The quantitative estimate of drug-likeness (QED) is 0.550. The van der Waals surface area contributed by atoms with E-state index in [9.17, 15) is 14.4 Å². The summed E-state index contributed by atoms with van der Waals surface area (Å²) >= 11 is 12.5. The van der Waals surface area contributed by atoms with Crippen LogP contribution in [0.3, 0.4) is 0 Å². The Hall–Kier alpha value is -2.61. The molecule has 9 heteroatoms. The highest BCUT2D eigenvalue weighted by Crippen LogP contribution is 2.37. The minimum absolute atomic E-state index is 0.184. The maximum Gasteiger partial charge on any atom is 0.251 e. The Labute approximate surface area is 203 Å². The third-order valence-corrected chi connectivity index (χ3v) is 6.43. The molecule has 2 aromatic carbocycles. The second-order valence-corrected chi connectivity index (χ2v) is 9.21. The summed E-state index contributed by atoms with van der Waals surface area (Å²) in [5, 5.41) is 9.09. The number of halogens is 2. The molecule has 3 N–H and O–H groups in total. The fourth-order valence-corrected chi connectivity index (χ4v) is 4.28. The summed E-state index contributed by atoms with van der Waals surface area (Å²) in [4.78, 5) is 41.1. The number of amides is 3. The van der Waals surface area contributed by atoms with Gasteiger partial charge in [-0.25, -0.2) is 0 Å². The van der Waals surface area contributed by atoms with E-state index >= 15 is 0 Å². The van der Waals surface area contributed by atoms with Crippen LogP contribution < -0.4 is 16.0 Å². The number of carbonyl (C=O) groups excluding carboxylic acids is 3. The molecule has 0 saturated carbocycles. The van der Waals surface area contributed by atoms with Crippen LogP contribution in [-0.2, 0) is 20.9 Å². The fourth-order valence-electron chi connectivity index (χ4n) is 3.79. The first-order chi connectivity index (χ1) is 15.6. The zero-order valence-electron chi connectivity index (χ0n) is 19.0. The van der Waals surface area contributed by atoms with Gasteiger partial charge < -0.3 is 20.9 Å². The van der Waals surface area contributed by atoms with Crippen molar-refractivity contribution in [2.24, 2.45) is 5.92 Å². The lowest BCUT2D eigenvalue weighted by molar-refractivity contribution is -0.143. The van der Waals surface area contributed by atoms with Crippen LogP contribution >= 0.6 is 23.2 Å². The lowest BCUT2D eigenvalue weighted by Gasteiger charge is -2.31. The Balaban J connectivity index is 1.93. The van der Waals surface area contributed by atoms with Gasteiger partial charge in [0.1, 0.15) is 12.1 Å². The zero-order chi connectivity index (χ0) is 24.3. The average Bonchev–Trinajstić information content (AvgIpc) is 3.18. The van der Waals surface area contributed by atoms with Crippen LogP contribution in [0.25, 0.3) is 0 Å². The Morgan fingerprint density at radius 3 is 2.24 bits per heavy atom. The van der Waals surface area contributed by atoms with Crippen molar-refractivity contribution in [2.45, 2.75) is 45.4 Å². The average molecular weight is 491 g/mol. The molecule has 0 aliphatic carbocycles. The van der Waals surface area contributed by atoms with E-state index in [1.54, 1.807) is 32.2 Å². The number of hydrogen-bond acceptors (Lipinski definition) is 4. The van der Waals surface area contributed by atoms with Crippen molar-refractivity contribution in [3.05, 3.63) is 63.6 Å². The summed E-state index contributed by atoms with van der Waals surface area (Å²) in [6.45, 7) is 5.68. The molecule has 3 rings (SSSR count). The predicted molar refractivity (Wildman–Crippen MR) is 130 cm³/mol. The molecule has 3 atom stereocenters. The van der Waals surface area contributed by atoms with Gasteiger partial charge in [-0.15, -0.1) is 0 Å². The predicted octanol–water partition coefficient (Wildman–Crippen LogP) is 3.76. The Morgan fingerprint density at radius 1 is 1.00 bits per heavy atom. The lowest BCUT2D eigenvalue weighted by Crippen LogP contribution is -2.55. The van der Waals surface area contributed by atoms with Crippen molar-refractivity contribution < 1.29 is 14.4 Å². The van der Waals surface area contributed by atoms with Gasteiger partial charge in [0.2, 0.25) is 11.8 Å². The second-order valence-electron chi connectivity index (χ2n) is 8.39. The van der Waals surface area contributed by atoms with Gasteiger partial charge in [-0.05, 0) is 43.1 Å². The van der Waals surface area contributed by atoms with E-state index < -0.39 is 24.0 Å². The normalized spacial score (nSPS) is 16.8. The van der Waals surface area contributed by atoms with Gasteiger partial charge in [0, 0.05) is 6.54 Å². The number of likely N-dealkylation sites (N-methyl/N-ethyl adjacent to an activating group) is 1. The first-order valence-corrected chi connectivity index (χ1v) is 11.5. The summed E-state index contributed by atoms with van der Waals surface area (Å²) in [5.41, 5.74) is 1.89. The van der Waals surface area contributed by atoms with E-state index in [0.29, 0.717) is 15.7 Å². The van der Waals surface area contributed by atoms with Crippen molar-refractivity contribution in [3.63, 3.8) is 0 Å². The SMILES string of the molecule is CN[C@@H](C)C(=O)N[C@H](C(=O)N1Cc2ccccc2[C@H]1C(=O)Nc1c(Cl)cccc1Cl)C(C)C. The summed E-state index contributed by atoms with van der Waals surface area (Å²) in [7, 11) is 1.67. The largest absolute Gasteiger partial charge is 0.343 e. The third kappa shape index (κ3) is 5.32. The molecule has 1 heterocycles. The van der Waals surface area contributed by atoms with Gasteiger partial charge in [0.05, 0.1) is 21.8 Å². The standard InChI is InChI=1S/C24H28Cl2N4O3/c1-13(2)19(28-22(31)14(3)27-4)24(33)30-12-15-8-5-6-9-16(15)21(30)23(32)29-20-17(25)10-7-11-18(20)26/h5-11,13-14,19,21,27H,12H2,1-4H3,(H,28,31)(H,29,32)/t14-,19-,21-/m0/s1. The minimum Gasteiger partial charge on any atom is -0.343 e. The molecule has 0 fully saturated rings. The van der Waals surface area contributed by atoms with Gasteiger partial charge >= 0.3 is 0 Å². The van der Waals surface area contributed by atoms with Crippen molar-refractivity contribution in [1.82, 2.24) is 15.5 Å². The smallest absolute Gasteiger partial charge is 0.251 e. The first kappa shape index (κ1) is 25.0. The molecule has 7 nitrogen and oxygen atoms in total. The number of rotatable bonds is 7. The van der Waals surface area contributed by atoms with E-state index in [4.69, 9.17) is 23.2 Å². The summed E-state index contributed by atoms with van der Waals surface area (Å²) in [6.07, 6.45) is 0. The van der Waals surface area contributed by atoms with Gasteiger partial charge in [-0.1, -0.05) is 67.4 Å². The van der Waals surface area contributed by atoms with Gasteiger partial charge in [-0.2, -0.15) is 0 Å². The number of fused-ring (bicyclic) bond motifs is 1. The summed E-state index contributed by atoms with van der Waals surface area (Å²) < 4.78 is 0. The third-order valence-electron chi connectivity index (χ3n) is 5.80. The highest BCUT2D eigenvalue weighted by atomic mass is 35.5. The Morgan fingerprint density at radius 2 is 1.64 bits per heavy atom. The Bertz CT molecular complexity index is 1040. The van der Waals surface area contributed by atoms with Crippen molar-refractivity contribution in [1.29, 1.82) is 0 Å². The van der Waals surface area contributed by atoms with E-state index in [2.05, 4.69) is 16.0 Å². The molecule has 33 heavy (non-hydrogen) atoms. The topological polar surface area (TPSA) is 90.5 Å². The van der Waals surface area contributed by atoms with Crippen LogP contribution in [0.15, 0.2) is 42.5 Å². The fraction of sp³-hybridized carbons (Fsp3) is 0.375. The number of hydrogen-bond donors (Lipinski definition) is 3. The molecule has 0 spiro atoms. The molecule has 0 bridgehead atoms. The minimum atomic E-state index is -0.888. The highest BCUT2D eigenvalue weighted by molar-refractivity contribution is 6.39. The number of para-hydroxylation sites is 1. The molecule has 2 aromatic rings. The van der Waals surface area contributed by atoms with Crippen LogP contribution in [-0.4, -0.2) is 41.8 Å². The van der Waals surface area contributed by atoms with Crippen LogP contribution in [0.2, 0.25) is 10.0 Å². The van der Waals surface area contributed by atoms with Crippen molar-refractivity contribution in [2.75, 3.05) is 12.4 Å². The van der Waals surface area contributed by atoms with Gasteiger partial charge in [0.25, 0.3) is 5.91 Å². The molecule has 3 amide bonds. The number of benzene rings is 2. The van der Waals surface area contributed by atoms with Crippen LogP contribution in [0.5, 0.6) is 0 Å². The van der Waals surface area contributed by atoms with E-state index in [1.165, 1.54) is 4.90 Å². The molecule has 0 radical (unpaired) electrons. The number of nitrogens with zero attached hydrogens (tertiary/aromatic N) is 1. The molecule has 176 valence electrons. The monoisotopic (exact) mass is 490 g/mol. The number of nitrogens with one attached hydrogen (secondary N) is 3. The molecule has 1 aliphatic rings. The molecule has 1 aliphatic heterocycles. The van der Waals surface area contributed by atoms with Crippen molar-refractivity contribution in [3.8, 4) is 0 Å². The maximum absolute atomic E-state index is 13.7. The van der Waals surface area contributed by atoms with Crippen LogP contribution in [0.1, 0.15) is 37.9 Å². The first-order valence-electron chi connectivity index (χ1n) is 10.8. The van der Waals surface area contributed by atoms with E-state index in [0.717, 1.165) is 11.1 Å². The summed E-state index contributed by atoms with van der Waals surface area (Å²) in [5.74, 6) is -1.23. The maximum atomic E-state index is 13.7. The van der Waals surface area contributed by atoms with Gasteiger partial charge in [-0.3, -0.25) is 14.4 Å². The summed E-state index contributed by atoms with van der Waals surface area (Å²) in [6, 6.07) is 10.2. The number of anilines is 1. The molecular weight excluding hydrogens is 463 g/mol. The lowest BCUT2D eigenvalue weighted by atomic mass is 10.0. The zero-order valence-corrected chi connectivity index (χ0v) is 20.5. The molecular formula is C24H28Cl2N4O3. The molecule has 0 aromatic heterocycles.